The Hall–Kier alpha value is -2.41. The van der Waals surface area contributed by atoms with Crippen LogP contribution in [0.5, 0.6) is 0 Å². The molecule has 7 heteroatoms. The van der Waals surface area contributed by atoms with Crippen molar-refractivity contribution in [3.63, 3.8) is 0 Å². The minimum absolute atomic E-state index is 0.0850. The first-order valence-electron chi connectivity index (χ1n) is 5.86. The molecule has 0 aromatic heterocycles. The normalized spacial score (nSPS) is 11.2. The number of anilines is 1. The number of hydrogen-bond donors (Lipinski definition) is 3. The first-order chi connectivity index (χ1) is 10.0. The number of rotatable bonds is 3. The van der Waals surface area contributed by atoms with Gasteiger partial charge in [0.1, 0.15) is 5.82 Å². The van der Waals surface area contributed by atoms with Crippen LogP contribution in [0.1, 0.15) is 15.9 Å². The second-order valence-corrected chi connectivity index (χ2v) is 4.97. The van der Waals surface area contributed by atoms with Crippen molar-refractivity contribution < 1.29 is 14.4 Å². The van der Waals surface area contributed by atoms with Gasteiger partial charge in [-0.05, 0) is 40.2 Å². The van der Waals surface area contributed by atoms with Crippen LogP contribution in [-0.2, 0) is 0 Å². The van der Waals surface area contributed by atoms with Crippen LogP contribution in [0, 0.1) is 5.82 Å². The molecule has 0 heterocycles. The molecule has 0 aliphatic heterocycles. The number of carbonyl (C=O) groups is 1. The summed E-state index contributed by atoms with van der Waals surface area (Å²) in [6, 6.07) is 10.6. The van der Waals surface area contributed by atoms with Gasteiger partial charge in [0.25, 0.3) is 5.91 Å². The van der Waals surface area contributed by atoms with Crippen LogP contribution in [0.3, 0.4) is 0 Å². The maximum atomic E-state index is 13.7. The highest BCUT2D eigenvalue weighted by Crippen LogP contribution is 2.21. The molecule has 0 aliphatic rings. The fourth-order valence-corrected chi connectivity index (χ4v) is 2.24. The lowest BCUT2D eigenvalue weighted by molar-refractivity contribution is 0.102. The molecule has 2 aromatic carbocycles. The molecular formula is C14H11BrFN3O2. The van der Waals surface area contributed by atoms with Crippen LogP contribution < -0.4 is 11.1 Å². The van der Waals surface area contributed by atoms with E-state index in [4.69, 9.17) is 10.9 Å². The van der Waals surface area contributed by atoms with E-state index in [1.807, 2.05) is 0 Å². The van der Waals surface area contributed by atoms with E-state index in [2.05, 4.69) is 26.4 Å². The molecule has 0 spiro atoms. The van der Waals surface area contributed by atoms with Gasteiger partial charge in [-0.3, -0.25) is 4.79 Å². The van der Waals surface area contributed by atoms with Crippen molar-refractivity contribution in [1.29, 1.82) is 0 Å². The standard InChI is InChI=1S/C14H11BrFN3O2/c15-10-5-2-6-11(16)12(10)14(20)18-9-4-1-3-8(7-9)13(17)19-21/h1-7,21H,(H2,17,19)(H,18,20). The Morgan fingerprint density at radius 3 is 2.67 bits per heavy atom. The van der Waals surface area contributed by atoms with Crippen molar-refractivity contribution in [1.82, 2.24) is 0 Å². The molecule has 0 atom stereocenters. The Morgan fingerprint density at radius 1 is 1.29 bits per heavy atom. The van der Waals surface area contributed by atoms with Gasteiger partial charge in [-0.15, -0.1) is 0 Å². The zero-order valence-corrected chi connectivity index (χ0v) is 12.3. The number of nitrogens with one attached hydrogen (secondary N) is 1. The summed E-state index contributed by atoms with van der Waals surface area (Å²) >= 11 is 3.14. The van der Waals surface area contributed by atoms with E-state index in [0.717, 1.165) is 0 Å². The largest absolute Gasteiger partial charge is 0.409 e. The van der Waals surface area contributed by atoms with Crippen LogP contribution in [0.25, 0.3) is 0 Å². The van der Waals surface area contributed by atoms with Crippen LogP contribution in [0.4, 0.5) is 10.1 Å². The van der Waals surface area contributed by atoms with Crippen molar-refractivity contribution in [3.05, 3.63) is 63.9 Å². The third kappa shape index (κ3) is 3.38. The summed E-state index contributed by atoms with van der Waals surface area (Å²) in [5, 5.41) is 14.1. The quantitative estimate of drug-likeness (QED) is 0.344. The summed E-state index contributed by atoms with van der Waals surface area (Å²) in [6.07, 6.45) is 0. The third-order valence-electron chi connectivity index (χ3n) is 2.71. The predicted octanol–water partition coefficient (Wildman–Crippen LogP) is 2.94. The van der Waals surface area contributed by atoms with Gasteiger partial charge in [0.15, 0.2) is 5.84 Å². The zero-order chi connectivity index (χ0) is 15.4. The van der Waals surface area contributed by atoms with E-state index in [1.165, 1.54) is 18.2 Å². The molecule has 21 heavy (non-hydrogen) atoms. The Bertz CT molecular complexity index is 699. The van der Waals surface area contributed by atoms with Crippen molar-refractivity contribution in [3.8, 4) is 0 Å². The molecule has 108 valence electrons. The fraction of sp³-hybridized carbons (Fsp3) is 0. The van der Waals surface area contributed by atoms with Crippen LogP contribution in [-0.4, -0.2) is 17.0 Å². The van der Waals surface area contributed by atoms with E-state index in [9.17, 15) is 9.18 Å². The van der Waals surface area contributed by atoms with Gasteiger partial charge in [-0.25, -0.2) is 4.39 Å². The van der Waals surface area contributed by atoms with E-state index in [0.29, 0.717) is 15.7 Å². The molecule has 5 nitrogen and oxygen atoms in total. The first-order valence-corrected chi connectivity index (χ1v) is 6.65. The molecule has 0 radical (unpaired) electrons. The number of benzene rings is 2. The van der Waals surface area contributed by atoms with Gasteiger partial charge >= 0.3 is 0 Å². The number of carbonyl (C=O) groups excluding carboxylic acids is 1. The fourth-order valence-electron chi connectivity index (χ4n) is 1.72. The molecular weight excluding hydrogens is 341 g/mol. The van der Waals surface area contributed by atoms with Crippen LogP contribution in [0.15, 0.2) is 52.1 Å². The highest BCUT2D eigenvalue weighted by Gasteiger charge is 2.15. The molecule has 0 bridgehead atoms. The monoisotopic (exact) mass is 351 g/mol. The molecule has 0 saturated carbocycles. The second-order valence-electron chi connectivity index (χ2n) is 4.12. The van der Waals surface area contributed by atoms with Crippen molar-refractivity contribution >= 4 is 33.4 Å². The average molecular weight is 352 g/mol. The highest BCUT2D eigenvalue weighted by molar-refractivity contribution is 9.10. The zero-order valence-electron chi connectivity index (χ0n) is 10.7. The smallest absolute Gasteiger partial charge is 0.259 e. The highest BCUT2D eigenvalue weighted by atomic mass is 79.9. The van der Waals surface area contributed by atoms with Crippen molar-refractivity contribution in [2.45, 2.75) is 0 Å². The molecule has 4 N–H and O–H groups in total. The lowest BCUT2D eigenvalue weighted by Gasteiger charge is -2.09. The lowest BCUT2D eigenvalue weighted by Crippen LogP contribution is -2.16. The molecule has 0 saturated heterocycles. The maximum Gasteiger partial charge on any atom is 0.259 e. The average Bonchev–Trinajstić information content (AvgIpc) is 2.46. The summed E-state index contributed by atoms with van der Waals surface area (Å²) in [4.78, 5) is 12.1. The summed E-state index contributed by atoms with van der Waals surface area (Å²) < 4.78 is 14.1. The van der Waals surface area contributed by atoms with E-state index in [-0.39, 0.29) is 11.4 Å². The van der Waals surface area contributed by atoms with Gasteiger partial charge in [0.2, 0.25) is 0 Å². The summed E-state index contributed by atoms with van der Waals surface area (Å²) in [7, 11) is 0. The number of hydrogen-bond acceptors (Lipinski definition) is 3. The number of nitrogens with zero attached hydrogens (tertiary/aromatic N) is 1. The second kappa shape index (κ2) is 6.36. The van der Waals surface area contributed by atoms with Crippen molar-refractivity contribution in [2.75, 3.05) is 5.32 Å². The third-order valence-corrected chi connectivity index (χ3v) is 3.37. The van der Waals surface area contributed by atoms with Crippen molar-refractivity contribution in [2.24, 2.45) is 10.9 Å². The predicted molar refractivity (Wildman–Crippen MR) is 81.0 cm³/mol. The summed E-state index contributed by atoms with van der Waals surface area (Å²) in [5.41, 5.74) is 6.22. The molecule has 2 rings (SSSR count). The number of nitrogens with two attached hydrogens (primary N) is 1. The minimum atomic E-state index is -0.630. The Morgan fingerprint density at radius 2 is 2.00 bits per heavy atom. The maximum absolute atomic E-state index is 13.7. The van der Waals surface area contributed by atoms with Gasteiger partial charge in [0, 0.05) is 15.7 Å². The van der Waals surface area contributed by atoms with Gasteiger partial charge < -0.3 is 16.3 Å². The molecule has 1 amide bonds. The van der Waals surface area contributed by atoms with Crippen LogP contribution in [0.2, 0.25) is 0 Å². The van der Waals surface area contributed by atoms with E-state index < -0.39 is 11.7 Å². The molecule has 0 fully saturated rings. The molecule has 0 unspecified atom stereocenters. The van der Waals surface area contributed by atoms with Gasteiger partial charge in [0.05, 0.1) is 5.56 Å². The van der Waals surface area contributed by atoms with Gasteiger partial charge in [-0.2, -0.15) is 0 Å². The topological polar surface area (TPSA) is 87.7 Å². The number of amidine groups is 1. The Kier molecular flexibility index (Phi) is 4.54. The van der Waals surface area contributed by atoms with E-state index in [1.54, 1.807) is 24.3 Å². The summed E-state index contributed by atoms with van der Waals surface area (Å²) in [6.45, 7) is 0. The summed E-state index contributed by atoms with van der Waals surface area (Å²) in [5.74, 6) is -1.32. The number of halogens is 2. The first kappa shape index (κ1) is 15.0. The number of oxime groups is 1. The lowest BCUT2D eigenvalue weighted by atomic mass is 10.1. The van der Waals surface area contributed by atoms with Crippen LogP contribution >= 0.6 is 15.9 Å². The number of amides is 1. The Balaban J connectivity index is 2.28. The molecule has 0 aliphatic carbocycles. The van der Waals surface area contributed by atoms with E-state index >= 15 is 0 Å². The Labute approximate surface area is 128 Å². The minimum Gasteiger partial charge on any atom is -0.409 e. The SMILES string of the molecule is N/C(=N/O)c1cccc(NC(=O)c2c(F)cccc2Br)c1. The van der Waals surface area contributed by atoms with Gasteiger partial charge in [-0.1, -0.05) is 23.4 Å². The molecule has 2 aromatic rings.